The van der Waals surface area contributed by atoms with Gasteiger partial charge >= 0.3 is 0 Å². The van der Waals surface area contributed by atoms with Gasteiger partial charge in [0.2, 0.25) is 0 Å². The third-order valence-electron chi connectivity index (χ3n) is 3.12. The molecule has 2 heterocycles. The Balaban J connectivity index is 2.01. The Kier molecular flexibility index (Phi) is 2.13. The SMILES string of the molecule is Cc1noc(C2CC2)c1C1=CCOCC1. The van der Waals surface area contributed by atoms with Gasteiger partial charge in [0.25, 0.3) is 0 Å². The zero-order chi connectivity index (χ0) is 10.3. The van der Waals surface area contributed by atoms with E-state index >= 15 is 0 Å². The Hall–Kier alpha value is -1.09. The molecule has 0 amide bonds. The van der Waals surface area contributed by atoms with Crippen molar-refractivity contribution in [1.29, 1.82) is 0 Å². The number of hydrogen-bond acceptors (Lipinski definition) is 3. The molecular weight excluding hydrogens is 190 g/mol. The molecule has 3 heteroatoms. The molecule has 2 aliphatic rings. The van der Waals surface area contributed by atoms with E-state index in [0.29, 0.717) is 5.92 Å². The van der Waals surface area contributed by atoms with Crippen molar-refractivity contribution in [3.63, 3.8) is 0 Å². The lowest BCUT2D eigenvalue weighted by Gasteiger charge is -2.13. The summed E-state index contributed by atoms with van der Waals surface area (Å²) in [4.78, 5) is 0. The average Bonchev–Trinajstić information content (AvgIpc) is 3.04. The van der Waals surface area contributed by atoms with Gasteiger partial charge in [0.15, 0.2) is 0 Å². The van der Waals surface area contributed by atoms with Crippen LogP contribution in [0, 0.1) is 6.92 Å². The van der Waals surface area contributed by atoms with Crippen LogP contribution in [-0.4, -0.2) is 18.4 Å². The number of aryl methyl sites for hydroxylation is 1. The van der Waals surface area contributed by atoms with Crippen molar-refractivity contribution in [3.05, 3.63) is 23.1 Å². The Morgan fingerprint density at radius 1 is 1.40 bits per heavy atom. The second-order valence-electron chi connectivity index (χ2n) is 4.34. The standard InChI is InChI=1S/C12H15NO2/c1-8-11(9-4-6-14-7-5-9)12(15-13-8)10-2-3-10/h4,10H,2-3,5-7H2,1H3. The van der Waals surface area contributed by atoms with Crippen LogP contribution < -0.4 is 0 Å². The highest BCUT2D eigenvalue weighted by molar-refractivity contribution is 5.70. The molecule has 1 aromatic rings. The predicted molar refractivity (Wildman–Crippen MR) is 56.6 cm³/mol. The largest absolute Gasteiger partial charge is 0.377 e. The van der Waals surface area contributed by atoms with Crippen LogP contribution in [0.2, 0.25) is 0 Å². The van der Waals surface area contributed by atoms with Gasteiger partial charge in [-0.2, -0.15) is 0 Å². The maximum absolute atomic E-state index is 5.44. The molecule has 0 radical (unpaired) electrons. The first-order valence-electron chi connectivity index (χ1n) is 5.59. The summed E-state index contributed by atoms with van der Waals surface area (Å²) in [6.07, 6.45) is 5.66. The molecule has 3 rings (SSSR count). The molecule has 0 N–H and O–H groups in total. The molecule has 0 atom stereocenters. The van der Waals surface area contributed by atoms with Gasteiger partial charge in [-0.3, -0.25) is 0 Å². The minimum atomic E-state index is 0.630. The van der Waals surface area contributed by atoms with E-state index in [1.807, 2.05) is 6.92 Å². The molecule has 1 fully saturated rings. The molecule has 0 aromatic carbocycles. The van der Waals surface area contributed by atoms with Crippen molar-refractivity contribution in [2.75, 3.05) is 13.2 Å². The number of hydrogen-bond donors (Lipinski definition) is 0. The highest BCUT2D eigenvalue weighted by Crippen LogP contribution is 2.44. The zero-order valence-corrected chi connectivity index (χ0v) is 8.95. The van der Waals surface area contributed by atoms with E-state index < -0.39 is 0 Å². The fourth-order valence-corrected chi connectivity index (χ4v) is 2.16. The minimum absolute atomic E-state index is 0.630. The third-order valence-corrected chi connectivity index (χ3v) is 3.12. The van der Waals surface area contributed by atoms with Crippen LogP contribution in [-0.2, 0) is 4.74 Å². The number of nitrogens with zero attached hydrogens (tertiary/aromatic N) is 1. The second kappa shape index (κ2) is 3.49. The maximum atomic E-state index is 5.44. The molecule has 0 unspecified atom stereocenters. The predicted octanol–water partition coefficient (Wildman–Crippen LogP) is 2.66. The number of aromatic nitrogens is 1. The average molecular weight is 205 g/mol. The topological polar surface area (TPSA) is 35.3 Å². The summed E-state index contributed by atoms with van der Waals surface area (Å²) in [6, 6.07) is 0. The lowest BCUT2D eigenvalue weighted by Crippen LogP contribution is -2.05. The smallest absolute Gasteiger partial charge is 0.147 e. The summed E-state index contributed by atoms with van der Waals surface area (Å²) in [6.45, 7) is 3.58. The molecule has 15 heavy (non-hydrogen) atoms. The fraction of sp³-hybridized carbons (Fsp3) is 0.583. The summed E-state index contributed by atoms with van der Waals surface area (Å²) in [5.41, 5.74) is 3.66. The van der Waals surface area contributed by atoms with Crippen molar-refractivity contribution < 1.29 is 9.26 Å². The Morgan fingerprint density at radius 2 is 2.27 bits per heavy atom. The normalized spacial score (nSPS) is 21.5. The van der Waals surface area contributed by atoms with Gasteiger partial charge in [0.05, 0.1) is 18.9 Å². The van der Waals surface area contributed by atoms with Crippen LogP contribution in [0.5, 0.6) is 0 Å². The monoisotopic (exact) mass is 205 g/mol. The van der Waals surface area contributed by atoms with Crippen LogP contribution in [0.3, 0.4) is 0 Å². The van der Waals surface area contributed by atoms with Crippen LogP contribution in [0.25, 0.3) is 5.57 Å². The van der Waals surface area contributed by atoms with E-state index in [9.17, 15) is 0 Å². The van der Waals surface area contributed by atoms with E-state index in [1.54, 1.807) is 0 Å². The van der Waals surface area contributed by atoms with Gasteiger partial charge in [0.1, 0.15) is 5.76 Å². The van der Waals surface area contributed by atoms with Gasteiger partial charge in [0, 0.05) is 11.5 Å². The van der Waals surface area contributed by atoms with Crippen molar-refractivity contribution in [3.8, 4) is 0 Å². The van der Waals surface area contributed by atoms with Crippen LogP contribution >= 0.6 is 0 Å². The van der Waals surface area contributed by atoms with Gasteiger partial charge in [-0.15, -0.1) is 0 Å². The number of rotatable bonds is 2. The van der Waals surface area contributed by atoms with E-state index in [4.69, 9.17) is 9.26 Å². The van der Waals surface area contributed by atoms with Crippen molar-refractivity contribution >= 4 is 5.57 Å². The van der Waals surface area contributed by atoms with Crippen molar-refractivity contribution in [2.24, 2.45) is 0 Å². The first-order valence-corrected chi connectivity index (χ1v) is 5.59. The van der Waals surface area contributed by atoms with E-state index in [-0.39, 0.29) is 0 Å². The molecule has 1 saturated carbocycles. The molecule has 80 valence electrons. The van der Waals surface area contributed by atoms with Crippen LogP contribution in [0.1, 0.15) is 42.2 Å². The summed E-state index contributed by atoms with van der Waals surface area (Å²) in [7, 11) is 0. The molecule has 3 nitrogen and oxygen atoms in total. The van der Waals surface area contributed by atoms with Crippen LogP contribution in [0.4, 0.5) is 0 Å². The molecule has 1 aliphatic carbocycles. The first kappa shape index (κ1) is 9.16. The van der Waals surface area contributed by atoms with E-state index in [1.165, 1.54) is 24.0 Å². The van der Waals surface area contributed by atoms with Gasteiger partial charge in [-0.1, -0.05) is 11.2 Å². The third kappa shape index (κ3) is 1.61. The van der Waals surface area contributed by atoms with Gasteiger partial charge in [-0.25, -0.2) is 0 Å². The minimum Gasteiger partial charge on any atom is -0.377 e. The van der Waals surface area contributed by atoms with Crippen molar-refractivity contribution in [1.82, 2.24) is 5.16 Å². The Labute approximate surface area is 89.1 Å². The molecule has 1 aromatic heterocycles. The lowest BCUT2D eigenvalue weighted by atomic mass is 9.98. The van der Waals surface area contributed by atoms with Crippen LogP contribution in [0.15, 0.2) is 10.6 Å². The summed E-state index contributed by atoms with van der Waals surface area (Å²) in [5.74, 6) is 1.74. The van der Waals surface area contributed by atoms with Gasteiger partial charge in [-0.05, 0) is 31.8 Å². The zero-order valence-electron chi connectivity index (χ0n) is 8.95. The van der Waals surface area contributed by atoms with Crippen molar-refractivity contribution in [2.45, 2.75) is 32.1 Å². The highest BCUT2D eigenvalue weighted by atomic mass is 16.5. The summed E-state index contributed by atoms with van der Waals surface area (Å²) >= 11 is 0. The fourth-order valence-electron chi connectivity index (χ4n) is 2.16. The van der Waals surface area contributed by atoms with E-state index in [0.717, 1.165) is 31.1 Å². The highest BCUT2D eigenvalue weighted by Gasteiger charge is 2.32. The van der Waals surface area contributed by atoms with Gasteiger partial charge < -0.3 is 9.26 Å². The first-order chi connectivity index (χ1) is 7.36. The molecular formula is C12H15NO2. The molecule has 1 aliphatic heterocycles. The summed E-state index contributed by atoms with van der Waals surface area (Å²) < 4.78 is 10.8. The molecule has 0 spiro atoms. The lowest BCUT2D eigenvalue weighted by molar-refractivity contribution is 0.161. The molecule has 0 bridgehead atoms. The summed E-state index contributed by atoms with van der Waals surface area (Å²) in [5, 5.41) is 4.10. The second-order valence-corrected chi connectivity index (χ2v) is 4.34. The van der Waals surface area contributed by atoms with E-state index in [2.05, 4.69) is 11.2 Å². The molecule has 0 saturated heterocycles. The Bertz CT molecular complexity index is 402. The Morgan fingerprint density at radius 3 is 2.93 bits per heavy atom. The maximum Gasteiger partial charge on any atom is 0.147 e. The quantitative estimate of drug-likeness (QED) is 0.744. The number of ether oxygens (including phenoxy) is 1.